The van der Waals surface area contributed by atoms with Crippen molar-refractivity contribution < 1.29 is 18.0 Å². The van der Waals surface area contributed by atoms with E-state index < -0.39 is 11.6 Å². The Balaban J connectivity index is 1.40. The number of carbonyl (C=O) groups is 1. The molecule has 2 aromatic heterocycles. The zero-order valence-corrected chi connectivity index (χ0v) is 17.4. The number of carbonyl (C=O) groups excluding carboxylic acids is 1. The van der Waals surface area contributed by atoms with Gasteiger partial charge in [-0.25, -0.2) is 8.78 Å². The van der Waals surface area contributed by atoms with Gasteiger partial charge in [0.1, 0.15) is 5.76 Å². The van der Waals surface area contributed by atoms with Crippen molar-refractivity contribution in [3.8, 4) is 11.3 Å². The number of amides is 1. The number of hydrogen-bond donors (Lipinski definition) is 2. The Morgan fingerprint density at radius 2 is 2.16 bits per heavy atom. The standard InChI is InChI=1S/C22H21ClF2N4O2/c23-15-10-27-29-7-1-2-19-14(21(15)29)9-20(31-19)22(30)28-18-11-26-6-5-13(18)12-3-4-16(24)17(25)8-12/h3-4,8-10,13,18,26H,1-2,5-7,11H2,(H,28,30)/t13-,18+/m0/s1. The van der Waals surface area contributed by atoms with Gasteiger partial charge < -0.3 is 15.1 Å². The summed E-state index contributed by atoms with van der Waals surface area (Å²) in [5, 5.41) is 11.1. The molecule has 162 valence electrons. The van der Waals surface area contributed by atoms with Crippen LogP contribution in [0.15, 0.2) is 34.9 Å². The summed E-state index contributed by atoms with van der Waals surface area (Å²) in [6, 6.07) is 5.33. The summed E-state index contributed by atoms with van der Waals surface area (Å²) in [5.41, 5.74) is 2.21. The predicted octanol–water partition coefficient (Wildman–Crippen LogP) is 3.90. The highest BCUT2D eigenvalue weighted by Crippen LogP contribution is 2.36. The summed E-state index contributed by atoms with van der Waals surface area (Å²) in [6.45, 7) is 1.99. The molecule has 0 radical (unpaired) electrons. The van der Waals surface area contributed by atoms with Crippen molar-refractivity contribution in [2.24, 2.45) is 0 Å². The van der Waals surface area contributed by atoms with Gasteiger partial charge in [-0.05, 0) is 43.1 Å². The predicted molar refractivity (Wildman–Crippen MR) is 111 cm³/mol. The normalized spacial score (nSPS) is 20.6. The van der Waals surface area contributed by atoms with Crippen molar-refractivity contribution in [3.05, 3.63) is 64.2 Å². The number of halogens is 3. The van der Waals surface area contributed by atoms with Crippen molar-refractivity contribution in [1.29, 1.82) is 0 Å². The Morgan fingerprint density at radius 3 is 3.00 bits per heavy atom. The zero-order valence-electron chi connectivity index (χ0n) is 16.6. The minimum atomic E-state index is -0.885. The first-order valence-electron chi connectivity index (χ1n) is 10.3. The minimum absolute atomic E-state index is 0.135. The molecule has 0 saturated carbocycles. The Kier molecular flexibility index (Phi) is 5.27. The van der Waals surface area contributed by atoms with Gasteiger partial charge in [0.05, 0.1) is 16.9 Å². The molecule has 5 rings (SSSR count). The van der Waals surface area contributed by atoms with Crippen LogP contribution in [-0.4, -0.2) is 34.8 Å². The van der Waals surface area contributed by atoms with E-state index in [9.17, 15) is 13.6 Å². The van der Waals surface area contributed by atoms with Crippen LogP contribution in [0, 0.1) is 11.6 Å². The van der Waals surface area contributed by atoms with Gasteiger partial charge in [-0.15, -0.1) is 0 Å². The lowest BCUT2D eigenvalue weighted by Crippen LogP contribution is -2.50. The van der Waals surface area contributed by atoms with Gasteiger partial charge >= 0.3 is 0 Å². The first kappa shape index (κ1) is 20.2. The highest BCUT2D eigenvalue weighted by atomic mass is 35.5. The van der Waals surface area contributed by atoms with Gasteiger partial charge in [0.15, 0.2) is 17.4 Å². The largest absolute Gasteiger partial charge is 0.455 e. The third-order valence-electron chi connectivity index (χ3n) is 6.03. The fourth-order valence-corrected chi connectivity index (χ4v) is 4.75. The van der Waals surface area contributed by atoms with Crippen LogP contribution in [0.1, 0.15) is 40.6 Å². The summed E-state index contributed by atoms with van der Waals surface area (Å²) in [6.07, 6.45) is 3.81. The molecule has 0 unspecified atom stereocenters. The average Bonchev–Trinajstić information content (AvgIpc) is 3.29. The molecule has 2 aliphatic heterocycles. The first-order valence-corrected chi connectivity index (χ1v) is 10.7. The molecule has 0 bridgehead atoms. The molecule has 1 saturated heterocycles. The molecule has 4 heterocycles. The molecule has 0 spiro atoms. The number of fused-ring (bicyclic) bond motifs is 3. The lowest BCUT2D eigenvalue weighted by atomic mass is 9.86. The third kappa shape index (κ3) is 3.74. The van der Waals surface area contributed by atoms with Gasteiger partial charge in [-0.3, -0.25) is 9.48 Å². The maximum atomic E-state index is 13.8. The van der Waals surface area contributed by atoms with Gasteiger partial charge in [-0.2, -0.15) is 5.10 Å². The quantitative estimate of drug-likeness (QED) is 0.640. The van der Waals surface area contributed by atoms with Crippen molar-refractivity contribution in [1.82, 2.24) is 20.4 Å². The Bertz CT molecular complexity index is 1140. The van der Waals surface area contributed by atoms with Gasteiger partial charge in [-0.1, -0.05) is 17.7 Å². The van der Waals surface area contributed by atoms with E-state index in [1.54, 1.807) is 18.3 Å². The lowest BCUT2D eigenvalue weighted by molar-refractivity contribution is 0.0894. The molecule has 1 aromatic carbocycles. The van der Waals surface area contributed by atoms with Crippen molar-refractivity contribution in [3.63, 3.8) is 0 Å². The van der Waals surface area contributed by atoms with E-state index in [0.717, 1.165) is 36.8 Å². The van der Waals surface area contributed by atoms with Crippen molar-refractivity contribution in [2.75, 3.05) is 13.1 Å². The number of hydrogen-bond acceptors (Lipinski definition) is 4. The number of aryl methyl sites for hydroxylation is 2. The molecular weight excluding hydrogens is 426 g/mol. The van der Waals surface area contributed by atoms with Crippen LogP contribution in [0.25, 0.3) is 11.3 Å². The van der Waals surface area contributed by atoms with E-state index in [2.05, 4.69) is 15.7 Å². The number of rotatable bonds is 3. The third-order valence-corrected chi connectivity index (χ3v) is 6.30. The molecule has 6 nitrogen and oxygen atoms in total. The molecular formula is C22H21ClF2N4O2. The topological polar surface area (TPSA) is 72.1 Å². The Morgan fingerprint density at radius 1 is 1.29 bits per heavy atom. The van der Waals surface area contributed by atoms with Crippen LogP contribution in [0.2, 0.25) is 5.02 Å². The van der Waals surface area contributed by atoms with Gasteiger partial charge in [0.2, 0.25) is 0 Å². The van der Waals surface area contributed by atoms with Crippen molar-refractivity contribution >= 4 is 17.5 Å². The minimum Gasteiger partial charge on any atom is -0.455 e. The van der Waals surface area contributed by atoms with Crippen LogP contribution in [0.5, 0.6) is 0 Å². The molecule has 31 heavy (non-hydrogen) atoms. The highest BCUT2D eigenvalue weighted by molar-refractivity contribution is 6.33. The maximum Gasteiger partial charge on any atom is 0.287 e. The summed E-state index contributed by atoms with van der Waals surface area (Å²) in [7, 11) is 0. The summed E-state index contributed by atoms with van der Waals surface area (Å²) < 4.78 is 34.9. The van der Waals surface area contributed by atoms with Gasteiger partial charge in [0, 0.05) is 37.0 Å². The van der Waals surface area contributed by atoms with Crippen LogP contribution in [0.4, 0.5) is 8.78 Å². The Labute approximate surface area is 182 Å². The van der Waals surface area contributed by atoms with E-state index in [1.807, 2.05) is 4.68 Å². The average molecular weight is 447 g/mol. The second-order valence-corrected chi connectivity index (χ2v) is 8.38. The number of piperidine rings is 1. The summed E-state index contributed by atoms with van der Waals surface area (Å²) in [5.74, 6) is -1.34. The van der Waals surface area contributed by atoms with E-state index in [1.165, 1.54) is 6.07 Å². The van der Waals surface area contributed by atoms with Crippen LogP contribution < -0.4 is 10.6 Å². The second-order valence-electron chi connectivity index (χ2n) is 7.97. The molecule has 1 fully saturated rings. The second kappa shape index (κ2) is 8.09. The smallest absolute Gasteiger partial charge is 0.287 e. The van der Waals surface area contributed by atoms with E-state index in [4.69, 9.17) is 16.0 Å². The number of aromatic nitrogens is 2. The summed E-state index contributed by atoms with van der Waals surface area (Å²) >= 11 is 6.32. The Hall–Kier alpha value is -2.71. The molecule has 2 atom stereocenters. The fraction of sp³-hybridized carbons (Fsp3) is 0.364. The first-order chi connectivity index (χ1) is 15.0. The molecule has 2 aliphatic rings. The number of nitrogens with zero attached hydrogens (tertiary/aromatic N) is 2. The van der Waals surface area contributed by atoms with E-state index in [-0.39, 0.29) is 23.6 Å². The van der Waals surface area contributed by atoms with Crippen LogP contribution in [0.3, 0.4) is 0 Å². The summed E-state index contributed by atoms with van der Waals surface area (Å²) in [4.78, 5) is 13.0. The molecule has 9 heteroatoms. The SMILES string of the molecule is O=C(N[C@@H]1CNCC[C@H]1c1ccc(F)c(F)c1)c1cc2c(o1)CCCn1ncc(Cl)c1-2. The van der Waals surface area contributed by atoms with Crippen LogP contribution in [-0.2, 0) is 13.0 Å². The van der Waals surface area contributed by atoms with E-state index >= 15 is 0 Å². The lowest BCUT2D eigenvalue weighted by Gasteiger charge is -2.33. The van der Waals surface area contributed by atoms with Gasteiger partial charge in [0.25, 0.3) is 5.91 Å². The highest BCUT2D eigenvalue weighted by Gasteiger charge is 2.31. The molecule has 1 amide bonds. The fourth-order valence-electron chi connectivity index (χ4n) is 4.51. The van der Waals surface area contributed by atoms with Crippen molar-refractivity contribution in [2.45, 2.75) is 37.8 Å². The molecule has 3 aromatic rings. The van der Waals surface area contributed by atoms with E-state index in [0.29, 0.717) is 35.7 Å². The number of furan rings is 1. The monoisotopic (exact) mass is 446 g/mol. The zero-order chi connectivity index (χ0) is 21.5. The number of nitrogens with one attached hydrogen (secondary N) is 2. The maximum absolute atomic E-state index is 13.8. The molecule has 2 N–H and O–H groups in total. The number of benzene rings is 1. The van der Waals surface area contributed by atoms with Crippen LogP contribution >= 0.6 is 11.6 Å². The molecule has 0 aliphatic carbocycles.